The molecule has 1 aromatic rings. The number of anilines is 1. The first-order valence-corrected chi connectivity index (χ1v) is 6.12. The summed E-state index contributed by atoms with van der Waals surface area (Å²) in [4.78, 5) is 11.7. The van der Waals surface area contributed by atoms with Gasteiger partial charge in [-0.3, -0.25) is 9.83 Å². The quantitative estimate of drug-likeness (QED) is 0.169. The van der Waals surface area contributed by atoms with E-state index in [4.69, 9.17) is 0 Å². The van der Waals surface area contributed by atoms with Crippen molar-refractivity contribution in [1.82, 2.24) is 0 Å². The number of carbonyl (C=O) groups excluding carboxylic acids is 1. The molecule has 0 aromatic heterocycles. The van der Waals surface area contributed by atoms with Crippen molar-refractivity contribution in [2.24, 2.45) is 0 Å². The van der Waals surface area contributed by atoms with E-state index in [1.54, 1.807) is 24.3 Å². The minimum atomic E-state index is -0.0601. The van der Waals surface area contributed by atoms with Crippen molar-refractivity contribution in [3.63, 3.8) is 0 Å². The number of amides is 1. The molecular weight excluding hydrogens is 356 g/mol. The Morgan fingerprint density at radius 1 is 1.44 bits per heavy atom. The average Bonchev–Trinajstić information content (AvgIpc) is 2.28. The molecule has 82 valence electrons. The predicted molar refractivity (Wildman–Crippen MR) is 62.0 cm³/mol. The molecule has 0 saturated carbocycles. The van der Waals surface area contributed by atoms with Crippen LogP contribution >= 0.6 is 34.6 Å². The Labute approximate surface area is 133 Å². The molecule has 1 aromatic carbocycles. The zero-order chi connectivity index (χ0) is 11.1. The van der Waals surface area contributed by atoms with Crippen LogP contribution in [0.1, 0.15) is 0 Å². The van der Waals surface area contributed by atoms with Crippen molar-refractivity contribution in [2.45, 2.75) is 4.90 Å². The van der Waals surface area contributed by atoms with Crippen LogP contribution in [0.25, 0.3) is 0 Å². The molecule has 0 radical (unpaired) electrons. The Kier molecular flexibility index (Phi) is 10.0. The van der Waals surface area contributed by atoms with E-state index in [1.165, 1.54) is 0 Å². The largest absolute Gasteiger partial charge is 1.00 e. The van der Waals surface area contributed by atoms with Gasteiger partial charge in [-0.05, 0) is 24.3 Å². The van der Waals surface area contributed by atoms with Gasteiger partial charge in [0, 0.05) is 10.6 Å². The minimum Gasteiger partial charge on any atom is -0.691 e. The third kappa shape index (κ3) is 6.40. The molecule has 0 fully saturated rings. The van der Waals surface area contributed by atoms with Crippen molar-refractivity contribution in [3.05, 3.63) is 24.3 Å². The van der Waals surface area contributed by atoms with Crippen molar-refractivity contribution in [2.75, 3.05) is 9.74 Å². The molecule has 5 nitrogen and oxygen atoms in total. The predicted octanol–water partition coefficient (Wildman–Crippen LogP) is -1.71. The number of carbonyl (C=O) groups is 1. The van der Waals surface area contributed by atoms with Gasteiger partial charge in [-0.2, -0.15) is 4.33 Å². The Bertz CT molecular complexity index is 324. The van der Waals surface area contributed by atoms with Crippen LogP contribution in [0.4, 0.5) is 5.69 Å². The second-order valence-corrected chi connectivity index (χ2v) is 3.96. The normalized spacial score (nSPS) is 9.38. The van der Waals surface area contributed by atoms with Gasteiger partial charge in [0.1, 0.15) is 0 Å². The maximum Gasteiger partial charge on any atom is 1.00 e. The summed E-state index contributed by atoms with van der Waals surface area (Å²) in [5, 5.41) is 15.4. The summed E-state index contributed by atoms with van der Waals surface area (Å²) >= 11 is 2.78. The van der Waals surface area contributed by atoms with Crippen LogP contribution in [-0.4, -0.2) is 10.3 Å². The van der Waals surface area contributed by atoms with Gasteiger partial charge < -0.3 is 10.6 Å². The van der Waals surface area contributed by atoms with Gasteiger partial charge in [-0.15, -0.1) is 0 Å². The molecule has 0 unspecified atom stereocenters. The number of hydrogen-bond donors (Lipinski definition) is 1. The van der Waals surface area contributed by atoms with E-state index in [9.17, 15) is 10.1 Å². The number of rotatable bonds is 5. The van der Waals surface area contributed by atoms with E-state index in [2.05, 4.69) is 14.7 Å². The molecule has 1 amide bonds. The maximum atomic E-state index is 11.0. The third-order valence-electron chi connectivity index (χ3n) is 1.42. The smallest absolute Gasteiger partial charge is 0.691 e. The van der Waals surface area contributed by atoms with Crippen LogP contribution in [0.5, 0.6) is 0 Å². The molecule has 1 N–H and O–H groups in total. The van der Waals surface area contributed by atoms with Crippen LogP contribution < -0.4 is 40.1 Å². The van der Waals surface area contributed by atoms with Crippen molar-refractivity contribution in [3.8, 4) is 0 Å². The fourth-order valence-electron chi connectivity index (χ4n) is 0.841. The van der Waals surface area contributed by atoms with Gasteiger partial charge in [-0.1, -0.05) is 22.6 Å². The van der Waals surface area contributed by atoms with Crippen LogP contribution in [0.3, 0.4) is 0 Å². The van der Waals surface area contributed by atoms with Gasteiger partial charge in [0.05, 0.1) is 16.5 Å². The Morgan fingerprint density at radius 3 is 2.56 bits per heavy atom. The van der Waals surface area contributed by atoms with Crippen molar-refractivity contribution < 1.29 is 49.0 Å². The van der Waals surface area contributed by atoms with Gasteiger partial charge in [0.25, 0.3) is 0 Å². The topological polar surface area (TPSA) is 70.6 Å². The summed E-state index contributed by atoms with van der Waals surface area (Å²) in [5.74, 6) is -0.0601. The summed E-state index contributed by atoms with van der Waals surface area (Å²) in [5.41, 5.74) is 0.698. The standard InChI is InChI=1S/C8H8INO4S.Na/c9-5-8(11)10-6-1-3-7(4-2-6)15-14-13-12;/h1-4,12H,5H2,(H,10,11);/q;+1/p-1. The molecule has 0 aliphatic heterocycles. The average molecular weight is 363 g/mol. The van der Waals surface area contributed by atoms with Crippen molar-refractivity contribution >= 4 is 46.2 Å². The molecule has 0 saturated heterocycles. The molecule has 0 spiro atoms. The number of nitrogens with one attached hydrogen (secondary N) is 1. The van der Waals surface area contributed by atoms with E-state index in [0.29, 0.717) is 15.0 Å². The first-order chi connectivity index (χ1) is 7.26. The Balaban J connectivity index is 0.00000225. The zero-order valence-electron chi connectivity index (χ0n) is 8.44. The van der Waals surface area contributed by atoms with Gasteiger partial charge in [0.15, 0.2) is 0 Å². The van der Waals surface area contributed by atoms with Gasteiger partial charge in [-0.25, -0.2) is 0 Å². The number of alkyl halides is 1. The summed E-state index contributed by atoms with van der Waals surface area (Å²) in [7, 11) is 0. The van der Waals surface area contributed by atoms with Crippen LogP contribution in [0.2, 0.25) is 0 Å². The molecule has 0 aliphatic carbocycles. The number of halogens is 1. The van der Waals surface area contributed by atoms with E-state index < -0.39 is 0 Å². The molecule has 0 atom stereocenters. The van der Waals surface area contributed by atoms with Gasteiger partial charge in [0.2, 0.25) is 5.91 Å². The van der Waals surface area contributed by atoms with Crippen LogP contribution in [0.15, 0.2) is 29.2 Å². The summed E-state index contributed by atoms with van der Waals surface area (Å²) in [6.07, 6.45) is 0. The Morgan fingerprint density at radius 2 is 2.06 bits per heavy atom. The number of benzene rings is 1. The van der Waals surface area contributed by atoms with E-state index in [1.807, 2.05) is 22.6 Å². The second kappa shape index (κ2) is 9.66. The van der Waals surface area contributed by atoms with E-state index in [-0.39, 0.29) is 35.5 Å². The van der Waals surface area contributed by atoms with Gasteiger partial charge >= 0.3 is 29.6 Å². The molecular formula is C8H7INNaO4S. The molecule has 0 heterocycles. The first-order valence-electron chi connectivity index (χ1n) is 3.85. The zero-order valence-corrected chi connectivity index (χ0v) is 13.4. The monoisotopic (exact) mass is 363 g/mol. The Hall–Kier alpha value is 0.650. The molecule has 16 heavy (non-hydrogen) atoms. The fraction of sp³-hybridized carbons (Fsp3) is 0.125. The minimum absolute atomic E-state index is 0. The summed E-state index contributed by atoms with van der Waals surface area (Å²) in [6, 6.07) is 6.82. The summed E-state index contributed by atoms with van der Waals surface area (Å²) < 4.78 is 4.54. The van der Waals surface area contributed by atoms with E-state index >= 15 is 0 Å². The van der Waals surface area contributed by atoms with E-state index in [0.717, 1.165) is 12.0 Å². The fourth-order valence-corrected chi connectivity index (χ4v) is 1.39. The molecule has 8 heteroatoms. The molecule has 0 bridgehead atoms. The van der Waals surface area contributed by atoms with Crippen LogP contribution in [-0.2, 0) is 14.2 Å². The number of hydrogen-bond acceptors (Lipinski definition) is 5. The molecule has 0 aliphatic rings. The molecule has 1 rings (SSSR count). The second-order valence-electron chi connectivity index (χ2n) is 2.43. The first kappa shape index (κ1) is 16.6. The summed E-state index contributed by atoms with van der Waals surface area (Å²) in [6.45, 7) is 0. The van der Waals surface area contributed by atoms with Crippen LogP contribution in [0, 0.1) is 0 Å². The SMILES string of the molecule is O=C(CI)Nc1ccc(SOO[O-])cc1.[Na+]. The maximum absolute atomic E-state index is 11.0. The third-order valence-corrected chi connectivity index (χ3v) is 2.70. The van der Waals surface area contributed by atoms with Crippen molar-refractivity contribution in [1.29, 1.82) is 0 Å².